The molecule has 0 spiro atoms. The Kier molecular flexibility index (Phi) is 5.14. The quantitative estimate of drug-likeness (QED) is 0.652. The van der Waals surface area contributed by atoms with Crippen LogP contribution in [0.25, 0.3) is 0 Å². The lowest BCUT2D eigenvalue weighted by molar-refractivity contribution is -0.221. The van der Waals surface area contributed by atoms with Crippen LogP contribution in [0.15, 0.2) is 0 Å². The molecule has 15 heavy (non-hydrogen) atoms. The Morgan fingerprint density at radius 1 is 1.27 bits per heavy atom. The summed E-state index contributed by atoms with van der Waals surface area (Å²) in [6.45, 7) is 9.09. The van der Waals surface area contributed by atoms with Crippen molar-refractivity contribution in [3.05, 3.63) is 0 Å². The summed E-state index contributed by atoms with van der Waals surface area (Å²) in [7, 11) is 0. The summed E-state index contributed by atoms with van der Waals surface area (Å²) in [5.74, 6) is 7.10. The molecule has 0 aromatic carbocycles. The SMILES string of the molecule is CCC#CCO[C@@H]1OC(C)CC(C)[C@H]1C. The van der Waals surface area contributed by atoms with Crippen molar-refractivity contribution in [2.45, 2.75) is 52.9 Å². The summed E-state index contributed by atoms with van der Waals surface area (Å²) in [5.41, 5.74) is 0. The average molecular weight is 210 g/mol. The van der Waals surface area contributed by atoms with Gasteiger partial charge in [0.15, 0.2) is 6.29 Å². The van der Waals surface area contributed by atoms with Gasteiger partial charge in [0.05, 0.1) is 6.10 Å². The number of ether oxygens (including phenoxy) is 2. The van der Waals surface area contributed by atoms with Crippen LogP contribution in [-0.2, 0) is 9.47 Å². The molecular weight excluding hydrogens is 188 g/mol. The lowest BCUT2D eigenvalue weighted by Crippen LogP contribution is -2.39. The molecule has 0 aromatic heterocycles. The summed E-state index contributed by atoms with van der Waals surface area (Å²) in [6, 6.07) is 0. The van der Waals surface area contributed by atoms with Crippen molar-refractivity contribution in [2.24, 2.45) is 11.8 Å². The second-order valence-corrected chi connectivity index (χ2v) is 4.41. The van der Waals surface area contributed by atoms with E-state index in [4.69, 9.17) is 9.47 Å². The van der Waals surface area contributed by atoms with E-state index in [0.29, 0.717) is 24.5 Å². The van der Waals surface area contributed by atoms with Crippen molar-refractivity contribution in [2.75, 3.05) is 6.61 Å². The monoisotopic (exact) mass is 210 g/mol. The fraction of sp³-hybridized carbons (Fsp3) is 0.846. The molecule has 1 heterocycles. The second kappa shape index (κ2) is 6.15. The second-order valence-electron chi connectivity index (χ2n) is 4.41. The molecule has 0 N–H and O–H groups in total. The molecule has 86 valence electrons. The van der Waals surface area contributed by atoms with E-state index in [0.717, 1.165) is 12.8 Å². The molecule has 0 aromatic rings. The predicted molar refractivity (Wildman–Crippen MR) is 61.3 cm³/mol. The Morgan fingerprint density at radius 3 is 2.67 bits per heavy atom. The molecule has 1 aliphatic rings. The standard InChI is InChI=1S/C13H22O2/c1-5-6-7-8-14-13-12(4)10(2)9-11(3)15-13/h10-13H,5,8-9H2,1-4H3/t10?,11?,12-,13-/m1/s1. The van der Waals surface area contributed by atoms with Crippen molar-refractivity contribution >= 4 is 0 Å². The molecule has 2 heteroatoms. The molecule has 4 atom stereocenters. The topological polar surface area (TPSA) is 18.5 Å². The summed E-state index contributed by atoms with van der Waals surface area (Å²) < 4.78 is 11.4. The first-order valence-corrected chi connectivity index (χ1v) is 5.88. The Labute approximate surface area is 93.3 Å². The molecular formula is C13H22O2. The van der Waals surface area contributed by atoms with E-state index in [1.54, 1.807) is 0 Å². The van der Waals surface area contributed by atoms with Crippen LogP contribution in [0.2, 0.25) is 0 Å². The third-order valence-electron chi connectivity index (χ3n) is 3.02. The Hall–Kier alpha value is -0.520. The smallest absolute Gasteiger partial charge is 0.162 e. The van der Waals surface area contributed by atoms with Gasteiger partial charge in [0.2, 0.25) is 0 Å². The third kappa shape index (κ3) is 3.85. The molecule has 1 saturated heterocycles. The largest absolute Gasteiger partial charge is 0.349 e. The molecule has 0 bridgehead atoms. The van der Waals surface area contributed by atoms with E-state index in [2.05, 4.69) is 32.6 Å². The Morgan fingerprint density at radius 2 is 2.00 bits per heavy atom. The van der Waals surface area contributed by atoms with Crippen LogP contribution in [0, 0.1) is 23.7 Å². The highest BCUT2D eigenvalue weighted by Gasteiger charge is 2.31. The van der Waals surface area contributed by atoms with Gasteiger partial charge in [0.25, 0.3) is 0 Å². The minimum Gasteiger partial charge on any atom is -0.349 e. The van der Waals surface area contributed by atoms with Gasteiger partial charge < -0.3 is 9.47 Å². The first kappa shape index (κ1) is 12.5. The minimum atomic E-state index is -0.0742. The average Bonchev–Trinajstić information content (AvgIpc) is 2.19. The summed E-state index contributed by atoms with van der Waals surface area (Å²) >= 11 is 0. The van der Waals surface area contributed by atoms with Crippen molar-refractivity contribution in [3.8, 4) is 11.8 Å². The molecule has 0 saturated carbocycles. The van der Waals surface area contributed by atoms with Crippen LogP contribution < -0.4 is 0 Å². The molecule has 1 rings (SSSR count). The van der Waals surface area contributed by atoms with E-state index < -0.39 is 0 Å². The molecule has 0 aliphatic carbocycles. The van der Waals surface area contributed by atoms with Gasteiger partial charge in [-0.3, -0.25) is 0 Å². The maximum Gasteiger partial charge on any atom is 0.162 e. The van der Waals surface area contributed by atoms with Crippen LogP contribution >= 0.6 is 0 Å². The zero-order valence-corrected chi connectivity index (χ0v) is 10.2. The molecule has 1 fully saturated rings. The van der Waals surface area contributed by atoms with Crippen molar-refractivity contribution in [1.29, 1.82) is 0 Å². The van der Waals surface area contributed by atoms with Crippen LogP contribution in [0.4, 0.5) is 0 Å². The number of hydrogen-bond acceptors (Lipinski definition) is 2. The first-order chi connectivity index (χ1) is 7.15. The fourth-order valence-electron chi connectivity index (χ4n) is 1.91. The van der Waals surface area contributed by atoms with Gasteiger partial charge in [-0.25, -0.2) is 0 Å². The molecule has 0 amide bonds. The highest BCUT2D eigenvalue weighted by Crippen LogP contribution is 2.30. The van der Waals surface area contributed by atoms with Crippen LogP contribution in [0.1, 0.15) is 40.5 Å². The Balaban J connectivity index is 2.38. The van der Waals surface area contributed by atoms with Gasteiger partial charge in [-0.15, -0.1) is 5.92 Å². The van der Waals surface area contributed by atoms with Gasteiger partial charge >= 0.3 is 0 Å². The first-order valence-electron chi connectivity index (χ1n) is 5.88. The molecule has 0 radical (unpaired) electrons. The van der Waals surface area contributed by atoms with Crippen molar-refractivity contribution < 1.29 is 9.47 Å². The van der Waals surface area contributed by atoms with Crippen molar-refractivity contribution in [1.82, 2.24) is 0 Å². The fourth-order valence-corrected chi connectivity index (χ4v) is 1.91. The van der Waals surface area contributed by atoms with Gasteiger partial charge in [0.1, 0.15) is 6.61 Å². The summed E-state index contributed by atoms with van der Waals surface area (Å²) in [4.78, 5) is 0. The Bertz CT molecular complexity index is 239. The molecule has 2 unspecified atom stereocenters. The summed E-state index contributed by atoms with van der Waals surface area (Å²) in [5, 5.41) is 0. The van der Waals surface area contributed by atoms with Gasteiger partial charge in [-0.2, -0.15) is 0 Å². The lowest BCUT2D eigenvalue weighted by Gasteiger charge is -2.37. The van der Waals surface area contributed by atoms with Crippen LogP contribution in [-0.4, -0.2) is 19.0 Å². The van der Waals surface area contributed by atoms with Gasteiger partial charge in [-0.05, 0) is 19.3 Å². The summed E-state index contributed by atoms with van der Waals surface area (Å²) in [6.07, 6.45) is 2.24. The van der Waals surface area contributed by atoms with Crippen LogP contribution in [0.5, 0.6) is 0 Å². The minimum absolute atomic E-state index is 0.0742. The molecule has 2 nitrogen and oxygen atoms in total. The third-order valence-corrected chi connectivity index (χ3v) is 3.02. The zero-order valence-electron chi connectivity index (χ0n) is 10.2. The van der Waals surface area contributed by atoms with Gasteiger partial charge in [-0.1, -0.05) is 26.7 Å². The van der Waals surface area contributed by atoms with Crippen LogP contribution in [0.3, 0.4) is 0 Å². The maximum absolute atomic E-state index is 5.76. The highest BCUT2D eigenvalue weighted by molar-refractivity contribution is 4.98. The van der Waals surface area contributed by atoms with E-state index in [1.807, 2.05) is 6.92 Å². The maximum atomic E-state index is 5.76. The van der Waals surface area contributed by atoms with Crippen molar-refractivity contribution in [3.63, 3.8) is 0 Å². The number of hydrogen-bond donors (Lipinski definition) is 0. The molecule has 1 aliphatic heterocycles. The highest BCUT2D eigenvalue weighted by atomic mass is 16.7. The zero-order chi connectivity index (χ0) is 11.3. The van der Waals surface area contributed by atoms with E-state index in [1.165, 1.54) is 0 Å². The van der Waals surface area contributed by atoms with E-state index in [-0.39, 0.29) is 6.29 Å². The lowest BCUT2D eigenvalue weighted by atomic mass is 9.88. The normalized spacial score (nSPS) is 35.7. The van der Waals surface area contributed by atoms with E-state index in [9.17, 15) is 0 Å². The number of rotatable bonds is 2. The predicted octanol–water partition coefficient (Wildman–Crippen LogP) is 2.82. The van der Waals surface area contributed by atoms with Gasteiger partial charge in [0, 0.05) is 12.3 Å². The van der Waals surface area contributed by atoms with E-state index >= 15 is 0 Å².